The quantitative estimate of drug-likeness (QED) is 0.781. The van der Waals surface area contributed by atoms with Crippen LogP contribution in [0.15, 0.2) is 0 Å². The van der Waals surface area contributed by atoms with Crippen LogP contribution in [0.5, 0.6) is 0 Å². The van der Waals surface area contributed by atoms with Gasteiger partial charge in [-0.15, -0.1) is 0 Å². The summed E-state index contributed by atoms with van der Waals surface area (Å²) in [5.74, 6) is 0.636. The second-order valence-electron chi connectivity index (χ2n) is 4.70. The van der Waals surface area contributed by atoms with Crippen molar-refractivity contribution in [3.63, 3.8) is 0 Å². The monoisotopic (exact) mass is 242 g/mol. The number of nitrogens with one attached hydrogen (secondary N) is 1. The van der Waals surface area contributed by atoms with Crippen LogP contribution in [0.4, 0.5) is 9.59 Å². The molecule has 2 N–H and O–H groups in total. The molecular formula is C11H18N2O4. The van der Waals surface area contributed by atoms with Crippen LogP contribution in [0.3, 0.4) is 0 Å². The van der Waals surface area contributed by atoms with Gasteiger partial charge in [-0.2, -0.15) is 0 Å². The molecule has 17 heavy (non-hydrogen) atoms. The minimum absolute atomic E-state index is 0.148. The molecule has 2 fully saturated rings. The normalized spacial score (nSPS) is 21.1. The topological polar surface area (TPSA) is 78.9 Å². The number of rotatable bonds is 3. The second-order valence-corrected chi connectivity index (χ2v) is 4.70. The van der Waals surface area contributed by atoms with Crippen LogP contribution < -0.4 is 5.32 Å². The molecule has 1 saturated carbocycles. The van der Waals surface area contributed by atoms with E-state index in [0.29, 0.717) is 38.4 Å². The fraction of sp³-hybridized carbons (Fsp3) is 0.818. The Labute approximate surface area is 99.9 Å². The number of carbonyl (C=O) groups is 2. The van der Waals surface area contributed by atoms with Gasteiger partial charge in [0.05, 0.1) is 0 Å². The molecule has 2 rings (SSSR count). The summed E-state index contributed by atoms with van der Waals surface area (Å²) in [7, 11) is 0. The SMILES string of the molecule is O=C(NCC1CC1)OC1CCN(C(=O)O)CC1. The fourth-order valence-electron chi connectivity index (χ4n) is 1.91. The Morgan fingerprint density at radius 1 is 1.24 bits per heavy atom. The number of piperidine rings is 1. The molecule has 2 amide bonds. The molecular weight excluding hydrogens is 224 g/mol. The van der Waals surface area contributed by atoms with Crippen molar-refractivity contribution in [1.82, 2.24) is 10.2 Å². The molecule has 0 atom stereocenters. The van der Waals surface area contributed by atoms with Gasteiger partial charge in [0, 0.05) is 32.5 Å². The molecule has 6 heteroatoms. The molecule has 6 nitrogen and oxygen atoms in total. The average molecular weight is 242 g/mol. The van der Waals surface area contributed by atoms with Crippen LogP contribution in [-0.4, -0.2) is 47.9 Å². The third-order valence-corrected chi connectivity index (χ3v) is 3.22. The molecule has 0 aromatic heterocycles. The van der Waals surface area contributed by atoms with Gasteiger partial charge in [0.15, 0.2) is 0 Å². The van der Waals surface area contributed by atoms with Crippen molar-refractivity contribution >= 4 is 12.2 Å². The summed E-state index contributed by atoms with van der Waals surface area (Å²) in [6.07, 6.45) is 2.14. The van der Waals surface area contributed by atoms with Crippen molar-refractivity contribution in [3.05, 3.63) is 0 Å². The van der Waals surface area contributed by atoms with Gasteiger partial charge in [0.25, 0.3) is 0 Å². The van der Waals surface area contributed by atoms with Gasteiger partial charge >= 0.3 is 12.2 Å². The first-order chi connectivity index (χ1) is 8.15. The number of carboxylic acid groups (broad SMARTS) is 1. The maximum absolute atomic E-state index is 11.4. The molecule has 1 aliphatic carbocycles. The van der Waals surface area contributed by atoms with E-state index in [4.69, 9.17) is 9.84 Å². The molecule has 2 aliphatic rings. The lowest BCUT2D eigenvalue weighted by Crippen LogP contribution is -2.42. The summed E-state index contributed by atoms with van der Waals surface area (Å²) < 4.78 is 5.23. The smallest absolute Gasteiger partial charge is 0.407 e. The first kappa shape index (κ1) is 12.0. The van der Waals surface area contributed by atoms with Gasteiger partial charge < -0.3 is 20.1 Å². The lowest BCUT2D eigenvalue weighted by atomic mass is 10.1. The molecule has 0 aromatic rings. The number of ether oxygens (including phenoxy) is 1. The Morgan fingerprint density at radius 2 is 1.88 bits per heavy atom. The second kappa shape index (κ2) is 5.25. The van der Waals surface area contributed by atoms with E-state index < -0.39 is 6.09 Å². The van der Waals surface area contributed by atoms with Gasteiger partial charge in [0.2, 0.25) is 0 Å². The minimum atomic E-state index is -0.901. The van der Waals surface area contributed by atoms with Crippen molar-refractivity contribution in [3.8, 4) is 0 Å². The summed E-state index contributed by atoms with van der Waals surface area (Å²) >= 11 is 0. The summed E-state index contributed by atoms with van der Waals surface area (Å²) in [5.41, 5.74) is 0. The number of carbonyl (C=O) groups excluding carboxylic acids is 1. The van der Waals surface area contributed by atoms with Crippen LogP contribution in [0.2, 0.25) is 0 Å². The summed E-state index contributed by atoms with van der Waals surface area (Å²) in [5, 5.41) is 11.5. The summed E-state index contributed by atoms with van der Waals surface area (Å²) in [6.45, 7) is 1.58. The van der Waals surface area contributed by atoms with E-state index >= 15 is 0 Å². The van der Waals surface area contributed by atoms with Crippen molar-refractivity contribution in [1.29, 1.82) is 0 Å². The van der Waals surface area contributed by atoms with Gasteiger partial charge in [-0.05, 0) is 18.8 Å². The van der Waals surface area contributed by atoms with Crippen LogP contribution in [-0.2, 0) is 4.74 Å². The van der Waals surface area contributed by atoms with E-state index in [2.05, 4.69) is 5.32 Å². The van der Waals surface area contributed by atoms with Gasteiger partial charge in [-0.1, -0.05) is 0 Å². The molecule has 1 aliphatic heterocycles. The lowest BCUT2D eigenvalue weighted by Gasteiger charge is -2.29. The third-order valence-electron chi connectivity index (χ3n) is 3.22. The Hall–Kier alpha value is -1.46. The molecule has 0 spiro atoms. The van der Waals surface area contributed by atoms with Crippen molar-refractivity contribution in [2.75, 3.05) is 19.6 Å². The van der Waals surface area contributed by atoms with E-state index in [1.54, 1.807) is 0 Å². The number of alkyl carbamates (subject to hydrolysis) is 1. The molecule has 1 heterocycles. The molecule has 1 saturated heterocycles. The molecule has 96 valence electrons. The highest BCUT2D eigenvalue weighted by Crippen LogP contribution is 2.27. The van der Waals surface area contributed by atoms with Crippen LogP contribution in [0.1, 0.15) is 25.7 Å². The number of hydrogen-bond acceptors (Lipinski definition) is 3. The fourth-order valence-corrected chi connectivity index (χ4v) is 1.91. The van der Waals surface area contributed by atoms with Crippen molar-refractivity contribution in [2.45, 2.75) is 31.8 Å². The first-order valence-corrected chi connectivity index (χ1v) is 6.07. The summed E-state index contributed by atoms with van der Waals surface area (Å²) in [6, 6.07) is 0. The predicted molar refractivity (Wildman–Crippen MR) is 59.8 cm³/mol. The molecule has 0 aromatic carbocycles. The maximum Gasteiger partial charge on any atom is 0.407 e. The van der Waals surface area contributed by atoms with Crippen molar-refractivity contribution < 1.29 is 19.4 Å². The highest BCUT2D eigenvalue weighted by atomic mass is 16.6. The van der Waals surface area contributed by atoms with Gasteiger partial charge in [0.1, 0.15) is 6.10 Å². The Morgan fingerprint density at radius 3 is 2.41 bits per heavy atom. The van der Waals surface area contributed by atoms with Crippen molar-refractivity contribution in [2.24, 2.45) is 5.92 Å². The van der Waals surface area contributed by atoms with Gasteiger partial charge in [-0.3, -0.25) is 0 Å². The van der Waals surface area contributed by atoms with E-state index in [-0.39, 0.29) is 12.2 Å². The van der Waals surface area contributed by atoms with E-state index in [1.165, 1.54) is 17.7 Å². The van der Waals surface area contributed by atoms with Crippen LogP contribution >= 0.6 is 0 Å². The highest BCUT2D eigenvalue weighted by molar-refractivity contribution is 5.67. The Bertz CT molecular complexity index is 296. The Balaban J connectivity index is 1.62. The summed E-state index contributed by atoms with van der Waals surface area (Å²) in [4.78, 5) is 23.4. The zero-order valence-electron chi connectivity index (χ0n) is 9.72. The van der Waals surface area contributed by atoms with Crippen LogP contribution in [0, 0.1) is 5.92 Å². The number of likely N-dealkylation sites (tertiary alicyclic amines) is 1. The number of amides is 2. The molecule has 0 radical (unpaired) electrons. The minimum Gasteiger partial charge on any atom is -0.465 e. The first-order valence-electron chi connectivity index (χ1n) is 6.07. The van der Waals surface area contributed by atoms with E-state index in [1.807, 2.05) is 0 Å². The zero-order valence-corrected chi connectivity index (χ0v) is 9.72. The Kier molecular flexibility index (Phi) is 3.71. The third kappa shape index (κ3) is 3.80. The maximum atomic E-state index is 11.4. The lowest BCUT2D eigenvalue weighted by molar-refractivity contribution is 0.0510. The molecule has 0 bridgehead atoms. The van der Waals surface area contributed by atoms with E-state index in [0.717, 1.165) is 0 Å². The average Bonchev–Trinajstić information content (AvgIpc) is 3.11. The largest absolute Gasteiger partial charge is 0.465 e. The zero-order chi connectivity index (χ0) is 12.3. The highest BCUT2D eigenvalue weighted by Gasteiger charge is 2.26. The standard InChI is InChI=1S/C11H18N2O4/c14-10(12-7-8-1-2-8)17-9-3-5-13(6-4-9)11(15)16/h8-9H,1-7H2,(H,12,14)(H,15,16). The van der Waals surface area contributed by atoms with Gasteiger partial charge in [-0.25, -0.2) is 9.59 Å². The van der Waals surface area contributed by atoms with Crippen LogP contribution in [0.25, 0.3) is 0 Å². The molecule has 0 unspecified atom stereocenters. The predicted octanol–water partition coefficient (Wildman–Crippen LogP) is 1.27. The number of nitrogens with zero attached hydrogens (tertiary/aromatic N) is 1. The number of hydrogen-bond donors (Lipinski definition) is 2. The van der Waals surface area contributed by atoms with E-state index in [9.17, 15) is 9.59 Å².